The molecule has 10 aromatic carbocycles. The zero-order valence-corrected chi connectivity index (χ0v) is 39.5. The molecular weight excluding hydrogens is 875 g/mol. The number of nitrogen functional groups attached to an aromatic ring is 1. The van der Waals surface area contributed by atoms with Crippen LogP contribution in [0.4, 0.5) is 5.69 Å². The number of anilines is 1. The summed E-state index contributed by atoms with van der Waals surface area (Å²) in [5.41, 5.74) is 26.9. The zero-order chi connectivity index (χ0) is 45.8. The van der Waals surface area contributed by atoms with Gasteiger partial charge in [0, 0.05) is 10.2 Å². The van der Waals surface area contributed by atoms with Gasteiger partial charge in [0.15, 0.2) is 0 Å². The molecule has 0 aliphatic heterocycles. The predicted octanol–water partition coefficient (Wildman–Crippen LogP) is 16.3. The molecule has 2 aliphatic rings. The number of hydrogen-bond acceptors (Lipinski definition) is 1. The van der Waals surface area contributed by atoms with E-state index in [9.17, 15) is 0 Å². The summed E-state index contributed by atoms with van der Waals surface area (Å²) in [6.45, 7) is 4.18. The molecule has 0 unspecified atom stereocenters. The summed E-state index contributed by atoms with van der Waals surface area (Å²) in [6.07, 6.45) is 0.952. The first-order valence-electron chi connectivity index (χ1n) is 23.1. The van der Waals surface area contributed by atoms with Gasteiger partial charge in [0.2, 0.25) is 0 Å². The average molecular weight is 927 g/mol. The van der Waals surface area contributed by atoms with Gasteiger partial charge in [0.25, 0.3) is 0 Å². The van der Waals surface area contributed by atoms with Crippen LogP contribution in [0.5, 0.6) is 0 Å². The number of fused-ring (bicyclic) bond motifs is 6. The van der Waals surface area contributed by atoms with E-state index in [1.165, 1.54) is 89.0 Å². The van der Waals surface area contributed by atoms with Crippen LogP contribution in [0.25, 0.3) is 22.3 Å². The van der Waals surface area contributed by atoms with E-state index in [1.54, 1.807) is 0 Å². The van der Waals surface area contributed by atoms with Gasteiger partial charge in [-0.05, 0) is 128 Å². The smallest absolute Gasteiger partial charge is 0.0713 e. The lowest BCUT2D eigenvalue weighted by molar-refractivity contribution is 0.767. The van der Waals surface area contributed by atoms with Crippen LogP contribution in [0.1, 0.15) is 66.8 Å². The van der Waals surface area contributed by atoms with Crippen LogP contribution in [-0.2, 0) is 17.3 Å². The molecule has 0 aromatic heterocycles. The van der Waals surface area contributed by atoms with Crippen molar-refractivity contribution in [3.05, 3.63) is 326 Å². The van der Waals surface area contributed by atoms with Crippen molar-refractivity contribution in [1.82, 2.24) is 0 Å². The summed E-state index contributed by atoms with van der Waals surface area (Å²) in [4.78, 5) is 0. The van der Waals surface area contributed by atoms with Crippen molar-refractivity contribution in [2.75, 3.05) is 5.73 Å². The normalized spacial score (nSPS) is 13.1. The third kappa shape index (κ3) is 8.02. The van der Waals surface area contributed by atoms with Crippen molar-refractivity contribution in [3.63, 3.8) is 0 Å². The van der Waals surface area contributed by atoms with E-state index in [1.807, 2.05) is 31.2 Å². The van der Waals surface area contributed by atoms with Gasteiger partial charge in [0.05, 0.1) is 10.8 Å². The molecule has 0 atom stereocenters. The van der Waals surface area contributed by atoms with Crippen molar-refractivity contribution < 1.29 is 0 Å². The minimum Gasteiger partial charge on any atom is -0.399 e. The fourth-order valence-corrected chi connectivity index (χ4v) is 11.0. The summed E-state index contributed by atoms with van der Waals surface area (Å²) in [6, 6.07) is 92.0. The van der Waals surface area contributed by atoms with Crippen LogP contribution >= 0.6 is 15.9 Å². The van der Waals surface area contributed by atoms with E-state index in [2.05, 4.69) is 253 Å². The van der Waals surface area contributed by atoms with E-state index in [0.29, 0.717) is 0 Å². The van der Waals surface area contributed by atoms with E-state index in [4.69, 9.17) is 5.73 Å². The molecule has 1 nitrogen and oxygen atoms in total. The Balaban J connectivity index is 0.000000137. The van der Waals surface area contributed by atoms with E-state index >= 15 is 0 Å². The lowest BCUT2D eigenvalue weighted by Crippen LogP contribution is -2.28. The zero-order valence-electron chi connectivity index (χ0n) is 37.9. The Morgan fingerprint density at radius 1 is 0.328 bits per heavy atom. The number of rotatable bonds is 6. The number of hydrogen-bond donors (Lipinski definition) is 1. The van der Waals surface area contributed by atoms with E-state index < -0.39 is 0 Å². The van der Waals surface area contributed by atoms with Gasteiger partial charge >= 0.3 is 0 Å². The van der Waals surface area contributed by atoms with Crippen molar-refractivity contribution >= 4 is 21.6 Å². The molecule has 0 saturated heterocycles. The maximum atomic E-state index is 5.46. The lowest BCUT2D eigenvalue weighted by Gasteiger charge is -2.34. The molecule has 324 valence electrons. The minimum atomic E-state index is -0.309. The quantitative estimate of drug-likeness (QED) is 0.165. The van der Waals surface area contributed by atoms with Gasteiger partial charge in [-0.15, -0.1) is 0 Å². The maximum Gasteiger partial charge on any atom is 0.0713 e. The minimum absolute atomic E-state index is 0.283. The highest BCUT2D eigenvalue weighted by Gasteiger charge is 2.47. The third-order valence-corrected chi connectivity index (χ3v) is 14.0. The fraction of sp³-hybridized carbons (Fsp3) is 0.0769. The lowest BCUT2D eigenvalue weighted by atomic mass is 9.67. The molecule has 2 N–H and O–H groups in total. The fourth-order valence-electron chi connectivity index (χ4n) is 10.7. The monoisotopic (exact) mass is 925 g/mol. The molecule has 0 heterocycles. The van der Waals surface area contributed by atoms with E-state index in [-0.39, 0.29) is 10.8 Å². The number of benzene rings is 10. The summed E-state index contributed by atoms with van der Waals surface area (Å²) in [5.74, 6) is 0. The second-order valence-electron chi connectivity index (χ2n) is 17.7. The van der Waals surface area contributed by atoms with Crippen LogP contribution < -0.4 is 5.73 Å². The average Bonchev–Trinajstić information content (AvgIpc) is 3.84. The molecule has 2 heteroatoms. The molecule has 0 saturated carbocycles. The number of aryl methyl sites for hydroxylation is 2. The van der Waals surface area contributed by atoms with Gasteiger partial charge in [-0.2, -0.15) is 0 Å². The Morgan fingerprint density at radius 2 is 0.687 bits per heavy atom. The van der Waals surface area contributed by atoms with Gasteiger partial charge in [-0.1, -0.05) is 252 Å². The van der Waals surface area contributed by atoms with Crippen LogP contribution in [0, 0.1) is 13.8 Å². The Bertz CT molecular complexity index is 3190. The molecule has 0 spiro atoms. The molecule has 10 aromatic rings. The molecule has 0 radical (unpaired) electrons. The molecule has 0 amide bonds. The first-order chi connectivity index (χ1) is 32.9. The highest BCUT2D eigenvalue weighted by atomic mass is 79.9. The maximum absolute atomic E-state index is 5.46. The summed E-state index contributed by atoms with van der Waals surface area (Å²) in [5, 5.41) is 0. The van der Waals surface area contributed by atoms with E-state index in [0.717, 1.165) is 16.6 Å². The SMILES string of the molecule is Brc1ccc(C2(c3ccccc3)c3ccccc3-c3ccccc32)cc1.Cc1cccc(Cc2ccc(C3(c4ccccc4)c4ccccc4-c4ccccc43)cc2)c1.Cc1cccc(N)c1. The standard InChI is InChI=1S/C33H26.C25H17Br.C7H9N/c1-24-10-9-11-26(22-24)23-25-18-20-28(21-19-25)33(27-12-3-2-4-13-27)31-16-7-5-14-29(31)30-15-6-8-17-32(30)33;26-20-16-14-19(15-17-20)25(18-8-2-1-3-9-18)23-12-6-4-10-21(23)22-11-5-7-13-24(22)25;1-6-3-2-4-7(8)5-6/h2-22H,23H2,1H3;1-17H;2-5H,8H2,1H3. The molecule has 12 rings (SSSR count). The van der Waals surface area contributed by atoms with Crippen LogP contribution in [0.15, 0.2) is 259 Å². The number of halogens is 1. The summed E-state index contributed by atoms with van der Waals surface area (Å²) >= 11 is 3.59. The second kappa shape index (κ2) is 18.8. The number of nitrogens with two attached hydrogens (primary N) is 1. The highest BCUT2D eigenvalue weighted by Crippen LogP contribution is 2.57. The first-order valence-corrected chi connectivity index (χ1v) is 23.9. The Morgan fingerprint density at radius 3 is 1.07 bits per heavy atom. The highest BCUT2D eigenvalue weighted by molar-refractivity contribution is 9.10. The topological polar surface area (TPSA) is 26.0 Å². The Labute approximate surface area is 404 Å². The molecule has 67 heavy (non-hydrogen) atoms. The van der Waals surface area contributed by atoms with Gasteiger partial charge < -0.3 is 5.73 Å². The van der Waals surface area contributed by atoms with Gasteiger partial charge in [0.1, 0.15) is 0 Å². The molecular formula is C65H52BrN. The van der Waals surface area contributed by atoms with Crippen molar-refractivity contribution in [1.29, 1.82) is 0 Å². The van der Waals surface area contributed by atoms with Crippen LogP contribution in [0.2, 0.25) is 0 Å². The van der Waals surface area contributed by atoms with Crippen molar-refractivity contribution in [2.24, 2.45) is 0 Å². The van der Waals surface area contributed by atoms with Crippen LogP contribution in [-0.4, -0.2) is 0 Å². The molecule has 2 aliphatic carbocycles. The molecule has 0 bridgehead atoms. The van der Waals surface area contributed by atoms with Crippen molar-refractivity contribution in [3.8, 4) is 22.3 Å². The third-order valence-electron chi connectivity index (χ3n) is 13.5. The predicted molar refractivity (Wildman–Crippen MR) is 285 cm³/mol. The first kappa shape index (κ1) is 43.4. The summed E-state index contributed by atoms with van der Waals surface area (Å²) < 4.78 is 1.10. The second-order valence-corrected chi connectivity index (χ2v) is 18.6. The largest absolute Gasteiger partial charge is 0.399 e. The van der Waals surface area contributed by atoms with Crippen molar-refractivity contribution in [2.45, 2.75) is 31.1 Å². The van der Waals surface area contributed by atoms with Crippen LogP contribution in [0.3, 0.4) is 0 Å². The Hall–Kier alpha value is -7.52. The van der Waals surface area contributed by atoms with Gasteiger partial charge in [-0.25, -0.2) is 0 Å². The Kier molecular flexibility index (Phi) is 12.1. The summed E-state index contributed by atoms with van der Waals surface area (Å²) in [7, 11) is 0. The molecule has 0 fully saturated rings. The van der Waals surface area contributed by atoms with Gasteiger partial charge in [-0.3, -0.25) is 0 Å².